The van der Waals surface area contributed by atoms with E-state index < -0.39 is 35.3 Å². The lowest BCUT2D eigenvalue weighted by Gasteiger charge is -2.33. The van der Waals surface area contributed by atoms with Gasteiger partial charge in [-0.15, -0.1) is 0 Å². The number of carbonyl (C=O) groups excluding carboxylic acids is 2. The van der Waals surface area contributed by atoms with Crippen LogP contribution in [-0.4, -0.2) is 39.8 Å². The molecule has 0 aromatic heterocycles. The lowest BCUT2D eigenvalue weighted by atomic mass is 9.84. The van der Waals surface area contributed by atoms with E-state index in [9.17, 15) is 19.5 Å². The summed E-state index contributed by atoms with van der Waals surface area (Å²) in [5, 5.41) is 14.9. The van der Waals surface area contributed by atoms with E-state index in [4.69, 9.17) is 12.2 Å². The maximum absolute atomic E-state index is 13.0. The van der Waals surface area contributed by atoms with Crippen LogP contribution in [0.4, 0.5) is 0 Å². The van der Waals surface area contributed by atoms with Gasteiger partial charge in [0.1, 0.15) is 12.1 Å². The van der Waals surface area contributed by atoms with Crippen molar-refractivity contribution in [2.24, 2.45) is 17.3 Å². The first-order valence-corrected chi connectivity index (χ1v) is 10.1. The molecule has 0 heterocycles. The molecule has 0 aliphatic rings. The third-order valence-corrected chi connectivity index (χ3v) is 4.95. The van der Waals surface area contributed by atoms with Gasteiger partial charge in [0.15, 0.2) is 0 Å². The fourth-order valence-corrected chi connectivity index (χ4v) is 3.55. The average Bonchev–Trinajstić information content (AvgIpc) is 2.58. The second-order valence-electron chi connectivity index (χ2n) is 8.73. The molecule has 0 radical (unpaired) electrons. The first-order chi connectivity index (χ1) is 13.3. The van der Waals surface area contributed by atoms with Crippen LogP contribution >= 0.6 is 12.2 Å². The van der Waals surface area contributed by atoms with Crippen molar-refractivity contribution in [2.45, 2.75) is 60.0 Å². The number of carbonyl (C=O) groups is 3. The van der Waals surface area contributed by atoms with Crippen LogP contribution in [0.2, 0.25) is 0 Å². The Morgan fingerprint density at radius 3 is 2.00 bits per heavy atom. The maximum atomic E-state index is 13.0. The van der Waals surface area contributed by atoms with Gasteiger partial charge >= 0.3 is 5.97 Å². The number of nitrogens with one attached hydrogen (secondary N) is 2. The quantitative estimate of drug-likeness (QED) is 0.534. The molecule has 0 spiro atoms. The lowest BCUT2D eigenvalue weighted by molar-refractivity contribution is -0.143. The van der Waals surface area contributed by atoms with E-state index in [1.54, 1.807) is 19.1 Å². The molecule has 0 bridgehead atoms. The van der Waals surface area contributed by atoms with Gasteiger partial charge in [0.25, 0.3) is 0 Å². The van der Waals surface area contributed by atoms with E-state index in [1.165, 1.54) is 0 Å². The van der Waals surface area contributed by atoms with E-state index >= 15 is 0 Å². The van der Waals surface area contributed by atoms with E-state index in [1.807, 2.05) is 52.8 Å². The van der Waals surface area contributed by atoms with Crippen molar-refractivity contribution < 1.29 is 19.5 Å². The van der Waals surface area contributed by atoms with Crippen LogP contribution in [0.3, 0.4) is 0 Å². The number of benzene rings is 1. The molecule has 1 aromatic rings. The average molecular weight is 421 g/mol. The van der Waals surface area contributed by atoms with Gasteiger partial charge in [-0.05, 0) is 23.8 Å². The highest BCUT2D eigenvalue weighted by Gasteiger charge is 2.37. The molecule has 2 amide bonds. The van der Waals surface area contributed by atoms with Crippen LogP contribution in [0, 0.1) is 17.3 Å². The Hall–Kier alpha value is -2.28. The molecule has 0 saturated heterocycles. The first-order valence-electron chi connectivity index (χ1n) is 9.72. The number of amides is 2. The molecular formula is C22H32N2O4S. The minimum absolute atomic E-state index is 0.0129. The molecule has 0 aliphatic heterocycles. The van der Waals surface area contributed by atoms with Gasteiger partial charge in [0.05, 0.1) is 5.92 Å². The number of rotatable bonds is 9. The Morgan fingerprint density at radius 1 is 1.03 bits per heavy atom. The molecule has 3 N–H and O–H groups in total. The van der Waals surface area contributed by atoms with Gasteiger partial charge < -0.3 is 15.7 Å². The predicted octanol–water partition coefficient (Wildman–Crippen LogP) is 2.99. The van der Waals surface area contributed by atoms with Gasteiger partial charge in [-0.1, -0.05) is 77.2 Å². The van der Waals surface area contributed by atoms with Gasteiger partial charge in [-0.25, -0.2) is 4.79 Å². The molecular weight excluding hydrogens is 388 g/mol. The fourth-order valence-electron chi connectivity index (χ4n) is 3.17. The van der Waals surface area contributed by atoms with Crippen molar-refractivity contribution in [3.05, 3.63) is 35.9 Å². The summed E-state index contributed by atoms with van der Waals surface area (Å²) >= 11 is 5.22. The van der Waals surface area contributed by atoms with Crippen molar-refractivity contribution >= 4 is 34.9 Å². The monoisotopic (exact) mass is 420 g/mol. The van der Waals surface area contributed by atoms with Crippen LogP contribution in [-0.2, 0) is 20.8 Å². The Labute approximate surface area is 178 Å². The van der Waals surface area contributed by atoms with E-state index in [0.717, 1.165) is 5.56 Å². The highest BCUT2D eigenvalue weighted by atomic mass is 32.1. The molecule has 0 aliphatic carbocycles. The molecule has 0 fully saturated rings. The van der Waals surface area contributed by atoms with Crippen LogP contribution in [0.25, 0.3) is 0 Å². The van der Waals surface area contributed by atoms with E-state index in [2.05, 4.69) is 10.6 Å². The van der Waals surface area contributed by atoms with Gasteiger partial charge in [0.2, 0.25) is 11.8 Å². The summed E-state index contributed by atoms with van der Waals surface area (Å²) in [6.07, 6.45) is 0.153. The minimum atomic E-state index is -1.13. The first kappa shape index (κ1) is 24.8. The van der Waals surface area contributed by atoms with Crippen molar-refractivity contribution in [2.75, 3.05) is 0 Å². The second kappa shape index (κ2) is 10.5. The zero-order valence-corrected chi connectivity index (χ0v) is 18.8. The van der Waals surface area contributed by atoms with Crippen LogP contribution in [0.1, 0.15) is 47.1 Å². The SMILES string of the molecule is CC(=S)C(C(=O)N[C@H](C(=O)N[C@@H](Cc1ccccc1)C(=O)O)C(C)(C)C)C(C)C. The fraction of sp³-hybridized carbons (Fsp3) is 0.545. The normalized spacial score (nSPS) is 14.6. The number of thiocarbonyl (C=S) groups is 1. The summed E-state index contributed by atoms with van der Waals surface area (Å²) in [6, 6.07) is 7.08. The van der Waals surface area contributed by atoms with E-state index in [-0.39, 0.29) is 18.2 Å². The summed E-state index contributed by atoms with van der Waals surface area (Å²) in [7, 11) is 0. The second-order valence-corrected chi connectivity index (χ2v) is 9.37. The summed E-state index contributed by atoms with van der Waals surface area (Å²) in [6.45, 7) is 11.0. The number of carboxylic acid groups (broad SMARTS) is 1. The van der Waals surface area contributed by atoms with E-state index in [0.29, 0.717) is 4.86 Å². The summed E-state index contributed by atoms with van der Waals surface area (Å²) in [5.41, 5.74) is 0.180. The topological polar surface area (TPSA) is 95.5 Å². The number of hydrogen-bond donors (Lipinski definition) is 3. The number of carboxylic acids is 1. The van der Waals surface area contributed by atoms with Crippen molar-refractivity contribution in [3.63, 3.8) is 0 Å². The van der Waals surface area contributed by atoms with Crippen molar-refractivity contribution in [1.29, 1.82) is 0 Å². The lowest BCUT2D eigenvalue weighted by Crippen LogP contribution is -2.58. The predicted molar refractivity (Wildman–Crippen MR) is 118 cm³/mol. The molecule has 1 unspecified atom stereocenters. The van der Waals surface area contributed by atoms with Gasteiger partial charge in [0, 0.05) is 11.3 Å². The Kier molecular flexibility index (Phi) is 8.95. The van der Waals surface area contributed by atoms with Crippen LogP contribution < -0.4 is 10.6 Å². The molecule has 1 rings (SSSR count). The molecule has 0 saturated carbocycles. The molecule has 7 heteroatoms. The maximum Gasteiger partial charge on any atom is 0.326 e. The third-order valence-electron chi connectivity index (χ3n) is 4.70. The highest BCUT2D eigenvalue weighted by Crippen LogP contribution is 2.22. The molecule has 3 atom stereocenters. The standard InChI is InChI=1S/C22H32N2O4S/c1-13(2)17(14(3)29)19(25)24-18(22(4,5)6)20(26)23-16(21(27)28)12-15-10-8-7-9-11-15/h7-11,13,16-18H,12H2,1-6H3,(H,23,26)(H,24,25)(H,27,28)/t16-,17?,18+/m0/s1. The van der Waals surface area contributed by atoms with Gasteiger partial charge in [-0.2, -0.15) is 0 Å². The van der Waals surface area contributed by atoms with Crippen molar-refractivity contribution in [1.82, 2.24) is 10.6 Å². The third kappa shape index (κ3) is 7.57. The summed E-state index contributed by atoms with van der Waals surface area (Å²) in [4.78, 5) is 38.0. The summed E-state index contributed by atoms with van der Waals surface area (Å²) < 4.78 is 0. The van der Waals surface area contributed by atoms with Crippen LogP contribution in [0.5, 0.6) is 0 Å². The van der Waals surface area contributed by atoms with Gasteiger partial charge in [-0.3, -0.25) is 9.59 Å². The zero-order chi connectivity index (χ0) is 22.4. The molecule has 1 aromatic carbocycles. The Balaban J connectivity index is 3.02. The largest absolute Gasteiger partial charge is 0.480 e. The molecule has 29 heavy (non-hydrogen) atoms. The Morgan fingerprint density at radius 2 is 1.59 bits per heavy atom. The van der Waals surface area contributed by atoms with Crippen molar-refractivity contribution in [3.8, 4) is 0 Å². The van der Waals surface area contributed by atoms with Crippen LogP contribution in [0.15, 0.2) is 30.3 Å². The molecule has 160 valence electrons. The Bertz CT molecular complexity index is 741. The highest BCUT2D eigenvalue weighted by molar-refractivity contribution is 7.80. The summed E-state index contributed by atoms with van der Waals surface area (Å²) in [5.74, 6) is -2.49. The zero-order valence-electron chi connectivity index (χ0n) is 18.0. The number of hydrogen-bond acceptors (Lipinski definition) is 4. The number of aliphatic carboxylic acids is 1. The minimum Gasteiger partial charge on any atom is -0.480 e. The molecule has 6 nitrogen and oxygen atoms in total. The smallest absolute Gasteiger partial charge is 0.326 e.